The van der Waals surface area contributed by atoms with Crippen molar-refractivity contribution in [3.05, 3.63) is 72.8 Å². The van der Waals surface area contributed by atoms with Crippen LogP contribution in [0.5, 0.6) is 0 Å². The number of benzene rings is 2. The molecule has 2 aromatic carbocycles. The second kappa shape index (κ2) is 7.75. The molecule has 0 aromatic heterocycles. The molecule has 0 aliphatic carbocycles. The van der Waals surface area contributed by atoms with Crippen molar-refractivity contribution in [1.29, 1.82) is 0 Å². The molecule has 0 aliphatic rings. The molecule has 0 radical (unpaired) electrons. The average Bonchev–Trinajstić information content (AvgIpc) is 2.31. The zero-order valence-corrected chi connectivity index (χ0v) is 11.2. The molecule has 0 bridgehead atoms. The van der Waals surface area contributed by atoms with Crippen molar-refractivity contribution in [3.63, 3.8) is 0 Å². The summed E-state index contributed by atoms with van der Waals surface area (Å²) in [7, 11) is 0. The fourth-order valence-electron chi connectivity index (χ4n) is 1.11. The molecule has 0 aliphatic heterocycles. The summed E-state index contributed by atoms with van der Waals surface area (Å²) in [5.41, 5.74) is 1.17. The third-order valence-corrected chi connectivity index (χ3v) is 2.74. The molecule has 88 valence electrons. The third-order valence-electron chi connectivity index (χ3n) is 1.72. The molecule has 0 spiro atoms. The first kappa shape index (κ1) is 13.6. The first-order valence-corrected chi connectivity index (χ1v) is 6.40. The minimum absolute atomic E-state index is 1.17. The minimum atomic E-state index is 1.17. The molecule has 2 rings (SSSR count). The molecule has 0 saturated carbocycles. The molecule has 0 saturated heterocycles. The maximum absolute atomic E-state index is 3.56. The van der Waals surface area contributed by atoms with Gasteiger partial charge in [-0.25, -0.2) is 0 Å². The Morgan fingerprint density at radius 1 is 0.765 bits per heavy atom. The molecule has 0 amide bonds. The van der Waals surface area contributed by atoms with Gasteiger partial charge in [0.15, 0.2) is 0 Å². The Kier molecular flexibility index (Phi) is 6.19. The number of allylic oxidation sites excluding steroid dienone is 1. The Labute approximate surface area is 108 Å². The lowest BCUT2D eigenvalue weighted by Crippen LogP contribution is -1.70. The highest BCUT2D eigenvalue weighted by Gasteiger charge is 1.93. The zero-order valence-electron chi connectivity index (χ0n) is 10.4. The van der Waals surface area contributed by atoms with Gasteiger partial charge < -0.3 is 0 Å². The average molecular weight is 242 g/mol. The van der Waals surface area contributed by atoms with E-state index < -0.39 is 0 Å². The number of hydrogen-bond acceptors (Lipinski definition) is 1. The standard InChI is InChI=1S/C12H10S.C4H8/c1-3-7-11(8-4-1)13-12-9-5-2-6-10-12;1-4(2)3/h1-10H;1H2,2-3H3. The third kappa shape index (κ3) is 6.64. The van der Waals surface area contributed by atoms with Crippen LogP contribution in [0.25, 0.3) is 0 Å². The molecule has 2 aromatic rings. The van der Waals surface area contributed by atoms with Crippen LogP contribution in [0.1, 0.15) is 13.8 Å². The van der Waals surface area contributed by atoms with Gasteiger partial charge in [-0.05, 0) is 38.1 Å². The molecule has 0 nitrogen and oxygen atoms in total. The van der Waals surface area contributed by atoms with Gasteiger partial charge in [0.25, 0.3) is 0 Å². The lowest BCUT2D eigenvalue weighted by atomic mass is 10.4. The first-order valence-electron chi connectivity index (χ1n) is 5.58. The van der Waals surface area contributed by atoms with Crippen molar-refractivity contribution in [2.24, 2.45) is 0 Å². The summed E-state index contributed by atoms with van der Waals surface area (Å²) in [5, 5.41) is 0. The van der Waals surface area contributed by atoms with Crippen LogP contribution in [0.3, 0.4) is 0 Å². The van der Waals surface area contributed by atoms with E-state index in [9.17, 15) is 0 Å². The Hall–Kier alpha value is -1.47. The summed E-state index contributed by atoms with van der Waals surface area (Å²) >= 11 is 1.79. The maximum Gasteiger partial charge on any atom is 0.0122 e. The largest absolute Gasteiger partial charge is 0.100 e. The summed E-state index contributed by atoms with van der Waals surface area (Å²) in [5.74, 6) is 0. The van der Waals surface area contributed by atoms with Crippen molar-refractivity contribution in [1.82, 2.24) is 0 Å². The van der Waals surface area contributed by atoms with Gasteiger partial charge in [0.1, 0.15) is 0 Å². The highest BCUT2D eigenvalue weighted by molar-refractivity contribution is 7.99. The molecule has 0 atom stereocenters. The summed E-state index contributed by atoms with van der Waals surface area (Å²) in [4.78, 5) is 2.57. The van der Waals surface area contributed by atoms with Gasteiger partial charge >= 0.3 is 0 Å². The van der Waals surface area contributed by atoms with Crippen molar-refractivity contribution in [2.45, 2.75) is 23.6 Å². The van der Waals surface area contributed by atoms with E-state index in [0.717, 1.165) is 0 Å². The van der Waals surface area contributed by atoms with E-state index in [4.69, 9.17) is 0 Å². The van der Waals surface area contributed by atoms with Crippen LogP contribution in [0.15, 0.2) is 82.6 Å². The van der Waals surface area contributed by atoms with Crippen LogP contribution < -0.4 is 0 Å². The van der Waals surface area contributed by atoms with Gasteiger partial charge in [-0.2, -0.15) is 0 Å². The highest BCUT2D eigenvalue weighted by atomic mass is 32.2. The van der Waals surface area contributed by atoms with E-state index in [2.05, 4.69) is 55.1 Å². The predicted octanol–water partition coefficient (Wildman–Crippen LogP) is 5.42. The van der Waals surface area contributed by atoms with Crippen molar-refractivity contribution >= 4 is 11.8 Å². The fraction of sp³-hybridized carbons (Fsp3) is 0.125. The van der Waals surface area contributed by atoms with Gasteiger partial charge in [-0.15, -0.1) is 6.58 Å². The Morgan fingerprint density at radius 3 is 1.35 bits per heavy atom. The molecule has 0 fully saturated rings. The molecule has 0 N–H and O–H groups in total. The zero-order chi connectivity index (χ0) is 12.5. The van der Waals surface area contributed by atoms with E-state index in [1.165, 1.54) is 15.4 Å². The van der Waals surface area contributed by atoms with E-state index in [1.54, 1.807) is 11.8 Å². The molecule has 0 heterocycles. The molecular formula is C16H18S. The van der Waals surface area contributed by atoms with Crippen LogP contribution in [-0.2, 0) is 0 Å². The van der Waals surface area contributed by atoms with E-state index in [0.29, 0.717) is 0 Å². The topological polar surface area (TPSA) is 0 Å². The summed E-state index contributed by atoms with van der Waals surface area (Å²) < 4.78 is 0. The SMILES string of the molecule is C=C(C)C.c1ccc(Sc2ccccc2)cc1. The van der Waals surface area contributed by atoms with Crippen molar-refractivity contribution in [3.8, 4) is 0 Å². The van der Waals surface area contributed by atoms with Gasteiger partial charge in [-0.1, -0.05) is 53.7 Å². The monoisotopic (exact) mass is 242 g/mol. The normalized spacial score (nSPS) is 9.06. The first-order chi connectivity index (χ1) is 8.18. The Balaban J connectivity index is 0.000000317. The van der Waals surface area contributed by atoms with Gasteiger partial charge in [0, 0.05) is 9.79 Å². The van der Waals surface area contributed by atoms with Gasteiger partial charge in [-0.3, -0.25) is 0 Å². The second-order valence-corrected chi connectivity index (χ2v) is 5.08. The van der Waals surface area contributed by atoms with Crippen molar-refractivity contribution in [2.75, 3.05) is 0 Å². The lowest BCUT2D eigenvalue weighted by Gasteiger charge is -1.99. The van der Waals surface area contributed by atoms with Gasteiger partial charge in [0.2, 0.25) is 0 Å². The van der Waals surface area contributed by atoms with Gasteiger partial charge in [0.05, 0.1) is 0 Å². The second-order valence-electron chi connectivity index (χ2n) is 3.94. The van der Waals surface area contributed by atoms with Crippen LogP contribution in [0, 0.1) is 0 Å². The molecule has 1 heteroatoms. The van der Waals surface area contributed by atoms with E-state index in [1.807, 2.05) is 26.0 Å². The predicted molar refractivity (Wildman–Crippen MR) is 77.5 cm³/mol. The van der Waals surface area contributed by atoms with Crippen LogP contribution in [0.2, 0.25) is 0 Å². The summed E-state index contributed by atoms with van der Waals surface area (Å²) in [6.07, 6.45) is 0. The van der Waals surface area contributed by atoms with E-state index in [-0.39, 0.29) is 0 Å². The minimum Gasteiger partial charge on any atom is -0.100 e. The van der Waals surface area contributed by atoms with E-state index >= 15 is 0 Å². The molecule has 0 unspecified atom stereocenters. The Morgan fingerprint density at radius 2 is 1.06 bits per heavy atom. The summed E-state index contributed by atoms with van der Waals surface area (Å²) in [6.45, 7) is 7.50. The lowest BCUT2D eigenvalue weighted by molar-refractivity contribution is 1.41. The van der Waals surface area contributed by atoms with Crippen LogP contribution >= 0.6 is 11.8 Å². The number of hydrogen-bond donors (Lipinski definition) is 0. The molecule has 17 heavy (non-hydrogen) atoms. The van der Waals surface area contributed by atoms with Crippen LogP contribution in [-0.4, -0.2) is 0 Å². The number of rotatable bonds is 2. The Bertz CT molecular complexity index is 390. The van der Waals surface area contributed by atoms with Crippen LogP contribution in [0.4, 0.5) is 0 Å². The fourth-order valence-corrected chi connectivity index (χ4v) is 1.97. The highest BCUT2D eigenvalue weighted by Crippen LogP contribution is 2.26. The smallest absolute Gasteiger partial charge is 0.0122 e. The summed E-state index contributed by atoms with van der Waals surface area (Å²) in [6, 6.07) is 20.8. The molecular weight excluding hydrogens is 224 g/mol. The van der Waals surface area contributed by atoms with Crippen molar-refractivity contribution < 1.29 is 0 Å². The quantitative estimate of drug-likeness (QED) is 0.634. The maximum atomic E-state index is 3.56.